The van der Waals surface area contributed by atoms with E-state index < -0.39 is 0 Å². The molecule has 5 nitrogen and oxygen atoms in total. The van der Waals surface area contributed by atoms with Crippen molar-refractivity contribution in [1.82, 2.24) is 10.3 Å². The highest BCUT2D eigenvalue weighted by atomic mass is 32.1. The largest absolute Gasteiger partial charge is 0.493 e. The Labute approximate surface area is 163 Å². The molecule has 1 amide bonds. The van der Waals surface area contributed by atoms with E-state index >= 15 is 0 Å². The average molecular weight is 382 g/mol. The third-order valence-electron chi connectivity index (χ3n) is 4.37. The van der Waals surface area contributed by atoms with Crippen LogP contribution in [-0.2, 0) is 0 Å². The van der Waals surface area contributed by atoms with Crippen molar-refractivity contribution in [3.05, 3.63) is 64.7 Å². The number of thiazole rings is 1. The number of aromatic nitrogens is 1. The van der Waals surface area contributed by atoms with Crippen LogP contribution in [0.15, 0.2) is 47.8 Å². The number of nitrogens with zero attached hydrogens (tertiary/aromatic N) is 1. The molecule has 6 heteroatoms. The van der Waals surface area contributed by atoms with E-state index in [1.54, 1.807) is 19.6 Å². The second-order valence-corrected chi connectivity index (χ2v) is 6.99. The van der Waals surface area contributed by atoms with Crippen molar-refractivity contribution >= 4 is 17.2 Å². The van der Waals surface area contributed by atoms with Crippen LogP contribution < -0.4 is 14.8 Å². The topological polar surface area (TPSA) is 60.5 Å². The van der Waals surface area contributed by atoms with E-state index in [1.807, 2.05) is 56.3 Å². The van der Waals surface area contributed by atoms with E-state index in [0.29, 0.717) is 22.2 Å². The highest BCUT2D eigenvalue weighted by Crippen LogP contribution is 2.39. The number of benzene rings is 2. The highest BCUT2D eigenvalue weighted by molar-refractivity contribution is 7.13. The summed E-state index contributed by atoms with van der Waals surface area (Å²) in [7, 11) is 3.18. The standard InChI is InChI=1S/C21H22N2O3S/c1-13-8-5-6-9-15(13)14(2)22-20(24)17-12-27-21(23-17)16-10-7-11-18(25-3)19(16)26-4/h5-12,14H,1-4H3,(H,22,24)/t14-/m0/s1. The summed E-state index contributed by atoms with van der Waals surface area (Å²) in [6.07, 6.45) is 0. The van der Waals surface area contributed by atoms with Crippen molar-refractivity contribution in [3.63, 3.8) is 0 Å². The maximum atomic E-state index is 12.6. The normalized spacial score (nSPS) is 11.7. The molecule has 1 N–H and O–H groups in total. The van der Waals surface area contributed by atoms with Crippen LogP contribution in [0.2, 0.25) is 0 Å². The van der Waals surface area contributed by atoms with Crippen molar-refractivity contribution in [1.29, 1.82) is 0 Å². The molecule has 1 heterocycles. The first kappa shape index (κ1) is 18.9. The molecule has 140 valence electrons. The van der Waals surface area contributed by atoms with Crippen molar-refractivity contribution in [2.45, 2.75) is 19.9 Å². The summed E-state index contributed by atoms with van der Waals surface area (Å²) in [5.74, 6) is 1.04. The molecule has 0 radical (unpaired) electrons. The first-order valence-corrected chi connectivity index (χ1v) is 9.46. The van der Waals surface area contributed by atoms with Crippen LogP contribution >= 0.6 is 11.3 Å². The lowest BCUT2D eigenvalue weighted by atomic mass is 10.0. The smallest absolute Gasteiger partial charge is 0.271 e. The number of rotatable bonds is 6. The van der Waals surface area contributed by atoms with Crippen LogP contribution in [0.3, 0.4) is 0 Å². The summed E-state index contributed by atoms with van der Waals surface area (Å²) in [6.45, 7) is 4.01. The molecule has 1 aromatic heterocycles. The van der Waals surface area contributed by atoms with Gasteiger partial charge in [0.1, 0.15) is 10.7 Å². The van der Waals surface area contributed by atoms with Gasteiger partial charge in [-0.3, -0.25) is 4.79 Å². The predicted molar refractivity (Wildman–Crippen MR) is 108 cm³/mol. The molecule has 0 fully saturated rings. The van der Waals surface area contributed by atoms with Crippen LogP contribution in [0.5, 0.6) is 11.5 Å². The third-order valence-corrected chi connectivity index (χ3v) is 5.25. The van der Waals surface area contributed by atoms with Crippen molar-refractivity contribution in [2.24, 2.45) is 0 Å². The fourth-order valence-corrected chi connectivity index (χ4v) is 3.80. The summed E-state index contributed by atoms with van der Waals surface area (Å²) in [5.41, 5.74) is 3.43. The molecule has 27 heavy (non-hydrogen) atoms. The molecule has 3 aromatic rings. The molecule has 0 unspecified atom stereocenters. The van der Waals surface area contributed by atoms with E-state index in [0.717, 1.165) is 16.7 Å². The van der Waals surface area contributed by atoms with Gasteiger partial charge >= 0.3 is 0 Å². The summed E-state index contributed by atoms with van der Waals surface area (Å²) >= 11 is 1.40. The first-order chi connectivity index (χ1) is 13.0. The van der Waals surface area contributed by atoms with Crippen LogP contribution in [0.1, 0.15) is 34.6 Å². The minimum atomic E-state index is -0.199. The number of carbonyl (C=O) groups is 1. The Morgan fingerprint density at radius 1 is 1.11 bits per heavy atom. The lowest BCUT2D eigenvalue weighted by Crippen LogP contribution is -2.27. The van der Waals surface area contributed by atoms with Crippen LogP contribution in [0, 0.1) is 6.92 Å². The molecule has 0 saturated heterocycles. The van der Waals surface area contributed by atoms with Gasteiger partial charge in [-0.15, -0.1) is 11.3 Å². The van der Waals surface area contributed by atoms with E-state index in [-0.39, 0.29) is 11.9 Å². The lowest BCUT2D eigenvalue weighted by Gasteiger charge is -2.15. The van der Waals surface area contributed by atoms with E-state index in [2.05, 4.69) is 10.3 Å². The van der Waals surface area contributed by atoms with Crippen molar-refractivity contribution in [2.75, 3.05) is 14.2 Å². The van der Waals surface area contributed by atoms with Gasteiger partial charge < -0.3 is 14.8 Å². The van der Waals surface area contributed by atoms with Gasteiger partial charge in [0.2, 0.25) is 0 Å². The molecule has 2 aromatic carbocycles. The van der Waals surface area contributed by atoms with E-state index in [1.165, 1.54) is 11.3 Å². The highest BCUT2D eigenvalue weighted by Gasteiger charge is 2.19. The zero-order valence-corrected chi connectivity index (χ0v) is 16.6. The Kier molecular flexibility index (Phi) is 5.76. The van der Waals surface area contributed by atoms with Gasteiger partial charge in [-0.05, 0) is 37.1 Å². The Hall–Kier alpha value is -2.86. The molecule has 0 aliphatic carbocycles. The molecule has 0 aliphatic rings. The van der Waals surface area contributed by atoms with Gasteiger partial charge in [0, 0.05) is 5.38 Å². The second-order valence-electron chi connectivity index (χ2n) is 6.13. The van der Waals surface area contributed by atoms with Crippen LogP contribution in [0.25, 0.3) is 10.6 Å². The molecule has 0 aliphatic heterocycles. The molecular weight excluding hydrogens is 360 g/mol. The maximum absolute atomic E-state index is 12.6. The molecule has 0 saturated carbocycles. The first-order valence-electron chi connectivity index (χ1n) is 8.58. The van der Waals surface area contributed by atoms with Gasteiger partial charge in [-0.2, -0.15) is 0 Å². The van der Waals surface area contributed by atoms with Gasteiger partial charge in [-0.25, -0.2) is 4.98 Å². The van der Waals surface area contributed by atoms with Crippen molar-refractivity contribution < 1.29 is 14.3 Å². The van der Waals surface area contributed by atoms with E-state index in [9.17, 15) is 4.79 Å². The fraction of sp³-hybridized carbons (Fsp3) is 0.238. The van der Waals surface area contributed by atoms with Crippen molar-refractivity contribution in [3.8, 4) is 22.1 Å². The number of hydrogen-bond donors (Lipinski definition) is 1. The number of aryl methyl sites for hydroxylation is 1. The Morgan fingerprint density at radius 3 is 2.59 bits per heavy atom. The van der Waals surface area contributed by atoms with Gasteiger partial charge in [0.15, 0.2) is 11.5 Å². The van der Waals surface area contributed by atoms with Gasteiger partial charge in [-0.1, -0.05) is 30.3 Å². The maximum Gasteiger partial charge on any atom is 0.271 e. The summed E-state index contributed by atoms with van der Waals surface area (Å²) in [5, 5.41) is 5.48. The number of carbonyl (C=O) groups excluding carboxylic acids is 1. The third kappa shape index (κ3) is 3.95. The zero-order valence-electron chi connectivity index (χ0n) is 15.8. The summed E-state index contributed by atoms with van der Waals surface area (Å²) < 4.78 is 10.8. The molecule has 1 atom stereocenters. The summed E-state index contributed by atoms with van der Waals surface area (Å²) in [6, 6.07) is 13.5. The fourth-order valence-electron chi connectivity index (χ4n) is 2.98. The molecule has 3 rings (SSSR count). The minimum Gasteiger partial charge on any atom is -0.493 e. The molecule has 0 spiro atoms. The number of para-hydroxylation sites is 1. The molecular formula is C21H22N2O3S. The van der Waals surface area contributed by atoms with E-state index in [4.69, 9.17) is 9.47 Å². The number of nitrogens with one attached hydrogen (secondary N) is 1. The molecule has 0 bridgehead atoms. The Morgan fingerprint density at radius 2 is 1.89 bits per heavy atom. The number of methoxy groups -OCH3 is 2. The monoisotopic (exact) mass is 382 g/mol. The minimum absolute atomic E-state index is 0.102. The van der Waals surface area contributed by atoms with Crippen LogP contribution in [-0.4, -0.2) is 25.1 Å². The Balaban J connectivity index is 1.82. The second kappa shape index (κ2) is 8.22. The van der Waals surface area contributed by atoms with Crippen LogP contribution in [0.4, 0.5) is 0 Å². The van der Waals surface area contributed by atoms with Gasteiger partial charge in [0.25, 0.3) is 5.91 Å². The average Bonchev–Trinajstić information content (AvgIpc) is 3.17. The van der Waals surface area contributed by atoms with Gasteiger partial charge in [0.05, 0.1) is 25.8 Å². The number of amides is 1. The lowest BCUT2D eigenvalue weighted by molar-refractivity contribution is 0.0935. The Bertz CT molecular complexity index is 952. The quantitative estimate of drug-likeness (QED) is 0.675. The number of hydrogen-bond acceptors (Lipinski definition) is 5. The zero-order chi connectivity index (χ0) is 19.4. The SMILES string of the molecule is COc1cccc(-c2nc(C(=O)N[C@@H](C)c3ccccc3C)cs2)c1OC. The number of ether oxygens (including phenoxy) is 2. The predicted octanol–water partition coefficient (Wildman–Crippen LogP) is 4.63. The summed E-state index contributed by atoms with van der Waals surface area (Å²) in [4.78, 5) is 17.1.